The number of anilines is 1. The van der Waals surface area contributed by atoms with Crippen LogP contribution >= 0.6 is 24.0 Å². The van der Waals surface area contributed by atoms with E-state index in [-0.39, 0.29) is 0 Å². The van der Waals surface area contributed by atoms with Crippen molar-refractivity contribution < 1.29 is 0 Å². The lowest BCUT2D eigenvalue weighted by molar-refractivity contribution is 0.677. The first kappa shape index (κ1) is 14.6. The summed E-state index contributed by atoms with van der Waals surface area (Å²) in [4.78, 5) is 4.97. The van der Waals surface area contributed by atoms with E-state index in [4.69, 9.17) is 18.0 Å². The van der Waals surface area contributed by atoms with Gasteiger partial charge in [-0.15, -0.1) is 0 Å². The van der Waals surface area contributed by atoms with Crippen molar-refractivity contribution in [3.05, 3.63) is 22.9 Å². The molecule has 1 aromatic rings. The highest BCUT2D eigenvalue weighted by atomic mass is 32.2. The molecule has 0 saturated carbocycles. The first-order valence-corrected chi connectivity index (χ1v) is 8.17. The van der Waals surface area contributed by atoms with Gasteiger partial charge in [-0.25, -0.2) is 4.98 Å². The van der Waals surface area contributed by atoms with Gasteiger partial charge in [0.05, 0.1) is 5.56 Å². The number of aromatic nitrogens is 1. The fourth-order valence-electron chi connectivity index (χ4n) is 2.45. The number of aryl methyl sites for hydroxylation is 2. The number of thiocarbonyl (C=S) groups is 1. The van der Waals surface area contributed by atoms with Crippen LogP contribution in [-0.2, 0) is 0 Å². The van der Waals surface area contributed by atoms with Gasteiger partial charge >= 0.3 is 0 Å². The van der Waals surface area contributed by atoms with Crippen molar-refractivity contribution in [1.82, 2.24) is 4.98 Å². The van der Waals surface area contributed by atoms with Crippen molar-refractivity contribution >= 4 is 34.8 Å². The molecule has 0 amide bonds. The molecule has 19 heavy (non-hydrogen) atoms. The minimum atomic E-state index is 0.420. The highest BCUT2D eigenvalue weighted by molar-refractivity contribution is 7.99. The van der Waals surface area contributed by atoms with E-state index in [0.717, 1.165) is 29.2 Å². The Morgan fingerprint density at radius 1 is 1.53 bits per heavy atom. The molecule has 1 atom stereocenters. The van der Waals surface area contributed by atoms with Crippen molar-refractivity contribution in [2.45, 2.75) is 38.4 Å². The Kier molecular flexibility index (Phi) is 5.05. The monoisotopic (exact) mass is 295 g/mol. The number of nitrogens with one attached hydrogen (secondary N) is 1. The van der Waals surface area contributed by atoms with Gasteiger partial charge in [-0.05, 0) is 44.1 Å². The normalized spacial score (nSPS) is 19.2. The number of nitrogens with two attached hydrogens (primary N) is 1. The van der Waals surface area contributed by atoms with Gasteiger partial charge in [-0.1, -0.05) is 18.6 Å². The molecule has 0 aliphatic carbocycles. The molecule has 0 bridgehead atoms. The zero-order valence-corrected chi connectivity index (χ0v) is 13.2. The third-order valence-corrected chi connectivity index (χ3v) is 4.96. The molecule has 104 valence electrons. The van der Waals surface area contributed by atoms with Crippen molar-refractivity contribution in [3.63, 3.8) is 0 Å². The highest BCUT2D eigenvalue weighted by Gasteiger charge is 2.16. The second kappa shape index (κ2) is 6.57. The van der Waals surface area contributed by atoms with Crippen LogP contribution in [0.5, 0.6) is 0 Å². The molecule has 2 rings (SSSR count). The number of nitrogens with zero attached hydrogens (tertiary/aromatic N) is 1. The average Bonchev–Trinajstić information content (AvgIpc) is 2.36. The predicted molar refractivity (Wildman–Crippen MR) is 88.2 cm³/mol. The molecule has 1 aliphatic rings. The van der Waals surface area contributed by atoms with Crippen LogP contribution in [0.15, 0.2) is 6.07 Å². The summed E-state index contributed by atoms with van der Waals surface area (Å²) in [5.74, 6) is 2.12. The maximum absolute atomic E-state index is 5.82. The van der Waals surface area contributed by atoms with Gasteiger partial charge in [0.15, 0.2) is 0 Å². The van der Waals surface area contributed by atoms with Crippen LogP contribution < -0.4 is 11.1 Å². The third kappa shape index (κ3) is 3.83. The third-order valence-electron chi connectivity index (χ3n) is 3.36. The molecule has 5 heteroatoms. The van der Waals surface area contributed by atoms with E-state index in [9.17, 15) is 0 Å². The largest absolute Gasteiger partial charge is 0.389 e. The lowest BCUT2D eigenvalue weighted by atomic mass is 10.1. The Hall–Kier alpha value is -0.810. The van der Waals surface area contributed by atoms with Gasteiger partial charge in [0, 0.05) is 17.5 Å². The Morgan fingerprint density at radius 2 is 2.32 bits per heavy atom. The van der Waals surface area contributed by atoms with Crippen molar-refractivity contribution in [2.24, 2.45) is 5.73 Å². The summed E-state index contributed by atoms with van der Waals surface area (Å²) in [6.45, 7) is 4.97. The minimum absolute atomic E-state index is 0.420. The number of rotatable bonds is 4. The van der Waals surface area contributed by atoms with E-state index in [2.05, 4.69) is 22.1 Å². The number of hydrogen-bond donors (Lipinski definition) is 2. The van der Waals surface area contributed by atoms with Crippen molar-refractivity contribution in [2.75, 3.05) is 17.6 Å². The maximum Gasteiger partial charge on any atom is 0.136 e. The summed E-state index contributed by atoms with van der Waals surface area (Å²) in [6, 6.07) is 2.02. The van der Waals surface area contributed by atoms with E-state index < -0.39 is 0 Å². The second-order valence-corrected chi connectivity index (χ2v) is 6.89. The smallest absolute Gasteiger partial charge is 0.136 e. The van der Waals surface area contributed by atoms with Gasteiger partial charge in [0.1, 0.15) is 10.8 Å². The number of pyridine rings is 1. The van der Waals surface area contributed by atoms with E-state index in [1.807, 2.05) is 19.9 Å². The van der Waals surface area contributed by atoms with Crippen LogP contribution in [0.2, 0.25) is 0 Å². The summed E-state index contributed by atoms with van der Waals surface area (Å²) >= 11 is 7.19. The molecular formula is C14H21N3S2. The van der Waals surface area contributed by atoms with Gasteiger partial charge in [0.25, 0.3) is 0 Å². The molecule has 3 N–H and O–H groups in total. The molecular weight excluding hydrogens is 274 g/mol. The molecule has 2 heterocycles. The molecule has 1 unspecified atom stereocenters. The van der Waals surface area contributed by atoms with Gasteiger partial charge in [-0.2, -0.15) is 11.8 Å². The Bertz CT molecular complexity index is 468. The zero-order valence-electron chi connectivity index (χ0n) is 11.5. The van der Waals surface area contributed by atoms with E-state index in [1.54, 1.807) is 0 Å². The quantitative estimate of drug-likeness (QED) is 0.836. The second-order valence-electron chi connectivity index (χ2n) is 5.04. The Morgan fingerprint density at radius 3 is 2.95 bits per heavy atom. The van der Waals surface area contributed by atoms with Crippen LogP contribution in [0.1, 0.15) is 36.1 Å². The van der Waals surface area contributed by atoms with Crippen molar-refractivity contribution in [1.29, 1.82) is 0 Å². The molecule has 1 aromatic heterocycles. The van der Waals surface area contributed by atoms with E-state index >= 15 is 0 Å². The van der Waals surface area contributed by atoms with Crippen LogP contribution in [-0.4, -0.2) is 27.5 Å². The SMILES string of the molecule is Cc1cc(C)c(C(N)=S)c(NCC2CCCCS2)n1. The maximum atomic E-state index is 5.82. The standard InChI is InChI=1S/C14H21N3S2/c1-9-7-10(2)17-14(12(9)13(15)18)16-8-11-5-3-4-6-19-11/h7,11H,3-6,8H2,1-2H3,(H2,15,18)(H,16,17). The molecule has 1 aliphatic heterocycles. The van der Waals surface area contributed by atoms with Crippen molar-refractivity contribution in [3.8, 4) is 0 Å². The average molecular weight is 295 g/mol. The fourth-order valence-corrected chi connectivity index (χ4v) is 3.95. The van der Waals surface area contributed by atoms with Crippen LogP contribution in [0.25, 0.3) is 0 Å². The van der Waals surface area contributed by atoms with Crippen LogP contribution in [0.4, 0.5) is 5.82 Å². The lowest BCUT2D eigenvalue weighted by Crippen LogP contribution is -2.23. The van der Waals surface area contributed by atoms with E-state index in [0.29, 0.717) is 10.2 Å². The van der Waals surface area contributed by atoms with E-state index in [1.165, 1.54) is 25.0 Å². The summed E-state index contributed by atoms with van der Waals surface area (Å²) in [7, 11) is 0. The topological polar surface area (TPSA) is 50.9 Å². The van der Waals surface area contributed by atoms with Gasteiger partial charge in [-0.3, -0.25) is 0 Å². The van der Waals surface area contributed by atoms with Gasteiger partial charge < -0.3 is 11.1 Å². The first-order chi connectivity index (χ1) is 9.08. The zero-order chi connectivity index (χ0) is 13.8. The molecule has 0 radical (unpaired) electrons. The van der Waals surface area contributed by atoms with Crippen LogP contribution in [0, 0.1) is 13.8 Å². The lowest BCUT2D eigenvalue weighted by Gasteiger charge is -2.22. The van der Waals surface area contributed by atoms with Crippen LogP contribution in [0.3, 0.4) is 0 Å². The highest BCUT2D eigenvalue weighted by Crippen LogP contribution is 2.26. The first-order valence-electron chi connectivity index (χ1n) is 6.71. The summed E-state index contributed by atoms with van der Waals surface area (Å²) in [5, 5.41) is 4.12. The molecule has 0 aromatic carbocycles. The predicted octanol–water partition coefficient (Wildman–Crippen LogP) is 3.03. The molecule has 0 spiro atoms. The molecule has 1 saturated heterocycles. The summed E-state index contributed by atoms with van der Waals surface area (Å²) < 4.78 is 0. The molecule has 1 fully saturated rings. The minimum Gasteiger partial charge on any atom is -0.389 e. The Balaban J connectivity index is 2.12. The fraction of sp³-hybridized carbons (Fsp3) is 0.571. The Labute approximate surface area is 124 Å². The summed E-state index contributed by atoms with van der Waals surface area (Å²) in [5.41, 5.74) is 8.80. The van der Waals surface area contributed by atoms with Gasteiger partial charge in [0.2, 0.25) is 0 Å². The number of hydrogen-bond acceptors (Lipinski definition) is 4. The number of thioether (sulfide) groups is 1. The molecule has 3 nitrogen and oxygen atoms in total. The summed E-state index contributed by atoms with van der Waals surface area (Å²) in [6.07, 6.45) is 3.97.